The molecular formula is C10H10N6S3. The van der Waals surface area contributed by atoms with E-state index < -0.39 is 0 Å². The molecule has 1 aromatic carbocycles. The number of thiocarbonyl (C=S) groups is 2. The molecule has 19 heavy (non-hydrogen) atoms. The number of thiophene rings is 1. The van der Waals surface area contributed by atoms with Crippen LogP contribution in [0.2, 0.25) is 0 Å². The number of azo groups is 1. The van der Waals surface area contributed by atoms with Crippen molar-refractivity contribution in [2.24, 2.45) is 21.7 Å². The zero-order valence-electron chi connectivity index (χ0n) is 9.58. The van der Waals surface area contributed by atoms with E-state index in [0.29, 0.717) is 5.00 Å². The van der Waals surface area contributed by atoms with Crippen molar-refractivity contribution in [3.63, 3.8) is 0 Å². The molecule has 0 aliphatic heterocycles. The van der Waals surface area contributed by atoms with Crippen LogP contribution < -0.4 is 22.3 Å². The molecule has 0 atom stereocenters. The van der Waals surface area contributed by atoms with E-state index in [0.717, 1.165) is 15.8 Å². The summed E-state index contributed by atoms with van der Waals surface area (Å²) in [4.78, 5) is 0. The van der Waals surface area contributed by atoms with Gasteiger partial charge in [-0.1, -0.05) is 18.2 Å². The number of fused-ring (bicyclic) bond motifs is 1. The molecule has 2 aromatic rings. The van der Waals surface area contributed by atoms with E-state index in [2.05, 4.69) is 33.3 Å². The van der Waals surface area contributed by atoms with Crippen LogP contribution in [0.15, 0.2) is 34.5 Å². The lowest BCUT2D eigenvalue weighted by atomic mass is 10.2. The Bertz CT molecular complexity index is 662. The van der Waals surface area contributed by atoms with E-state index in [1.165, 1.54) is 11.3 Å². The van der Waals surface area contributed by atoms with Crippen molar-refractivity contribution in [3.05, 3.63) is 24.3 Å². The number of nitrogens with zero attached hydrogens (tertiary/aromatic N) is 2. The summed E-state index contributed by atoms with van der Waals surface area (Å²) in [6.45, 7) is 0. The van der Waals surface area contributed by atoms with Gasteiger partial charge in [0.1, 0.15) is 5.69 Å². The predicted octanol–water partition coefficient (Wildman–Crippen LogP) is 2.39. The highest BCUT2D eigenvalue weighted by Gasteiger charge is 2.11. The SMILES string of the molecule is NC(=S)/N=N/c1sc2ccccc2c1NNC(N)=S. The summed E-state index contributed by atoms with van der Waals surface area (Å²) >= 11 is 10.9. The average Bonchev–Trinajstić information content (AvgIpc) is 2.71. The van der Waals surface area contributed by atoms with Gasteiger partial charge in [0.05, 0.1) is 0 Å². The lowest BCUT2D eigenvalue weighted by Crippen LogP contribution is -2.33. The van der Waals surface area contributed by atoms with Crippen molar-refractivity contribution in [1.82, 2.24) is 5.43 Å². The van der Waals surface area contributed by atoms with Crippen molar-refractivity contribution in [2.75, 3.05) is 5.43 Å². The number of hydrogen-bond donors (Lipinski definition) is 4. The first kappa shape index (κ1) is 13.6. The molecule has 0 saturated carbocycles. The summed E-state index contributed by atoms with van der Waals surface area (Å²) < 4.78 is 1.05. The molecule has 0 saturated heterocycles. The van der Waals surface area contributed by atoms with Gasteiger partial charge >= 0.3 is 0 Å². The molecule has 0 unspecified atom stereocenters. The van der Waals surface area contributed by atoms with E-state index in [1.54, 1.807) is 0 Å². The summed E-state index contributed by atoms with van der Waals surface area (Å²) in [6.07, 6.45) is 0. The van der Waals surface area contributed by atoms with E-state index in [1.807, 2.05) is 24.3 Å². The van der Waals surface area contributed by atoms with Crippen LogP contribution in [0.3, 0.4) is 0 Å². The fourth-order valence-electron chi connectivity index (χ4n) is 1.44. The second kappa shape index (κ2) is 5.87. The average molecular weight is 310 g/mol. The molecular weight excluding hydrogens is 300 g/mol. The molecule has 6 N–H and O–H groups in total. The second-order valence-corrected chi connectivity index (χ2v) is 5.32. The lowest BCUT2D eigenvalue weighted by molar-refractivity contribution is 1.13. The van der Waals surface area contributed by atoms with E-state index in [4.69, 9.17) is 23.7 Å². The van der Waals surface area contributed by atoms with Crippen LogP contribution in [0.25, 0.3) is 10.1 Å². The molecule has 9 heteroatoms. The van der Waals surface area contributed by atoms with Gasteiger partial charge in [-0.3, -0.25) is 10.9 Å². The third-order valence-electron chi connectivity index (χ3n) is 2.13. The van der Waals surface area contributed by atoms with Gasteiger partial charge in [0.15, 0.2) is 10.1 Å². The van der Waals surface area contributed by atoms with Crippen LogP contribution >= 0.6 is 35.8 Å². The van der Waals surface area contributed by atoms with Crippen LogP contribution in [0.4, 0.5) is 10.7 Å². The van der Waals surface area contributed by atoms with Crippen LogP contribution in [0, 0.1) is 0 Å². The monoisotopic (exact) mass is 310 g/mol. The molecule has 0 spiro atoms. The zero-order chi connectivity index (χ0) is 13.8. The highest BCUT2D eigenvalue weighted by molar-refractivity contribution is 7.80. The van der Waals surface area contributed by atoms with Gasteiger partial charge in [-0.2, -0.15) is 0 Å². The second-order valence-electron chi connectivity index (χ2n) is 3.43. The summed E-state index contributed by atoms with van der Waals surface area (Å²) in [5.74, 6) is 0. The smallest absolute Gasteiger partial charge is 0.211 e. The van der Waals surface area contributed by atoms with Crippen LogP contribution in [0.5, 0.6) is 0 Å². The molecule has 0 aliphatic carbocycles. The van der Waals surface area contributed by atoms with E-state index >= 15 is 0 Å². The number of anilines is 1. The third kappa shape index (κ3) is 3.34. The molecule has 0 radical (unpaired) electrons. The number of hydrazine groups is 1. The van der Waals surface area contributed by atoms with Crippen LogP contribution in [0.1, 0.15) is 0 Å². The highest BCUT2D eigenvalue weighted by Crippen LogP contribution is 2.41. The Morgan fingerprint density at radius 3 is 2.63 bits per heavy atom. The molecule has 0 fully saturated rings. The Balaban J connectivity index is 2.45. The maximum absolute atomic E-state index is 5.39. The molecule has 0 amide bonds. The lowest BCUT2D eigenvalue weighted by Gasteiger charge is -2.07. The maximum Gasteiger partial charge on any atom is 0.211 e. The molecule has 0 aliphatic rings. The molecule has 1 aromatic heterocycles. The quantitative estimate of drug-likeness (QED) is 0.394. The Hall–Kier alpha value is -1.84. The standard InChI is InChI=1S/C10H10N6S3/c11-9(17)15-13-7-5-3-1-2-4-6(5)19-8(7)14-16-10(12)18/h1-4,13H,(H2,12,18)(H3,11,15,17)/b16-14+. The first-order valence-electron chi connectivity index (χ1n) is 5.12. The number of benzene rings is 1. The molecule has 1 heterocycles. The number of nitrogens with two attached hydrogens (primary N) is 2. The topological polar surface area (TPSA) is 101 Å². The highest BCUT2D eigenvalue weighted by atomic mass is 32.1. The van der Waals surface area contributed by atoms with Gasteiger partial charge in [-0.05, 0) is 30.5 Å². The van der Waals surface area contributed by atoms with Crippen LogP contribution in [-0.4, -0.2) is 10.2 Å². The largest absolute Gasteiger partial charge is 0.375 e. The molecule has 98 valence electrons. The van der Waals surface area contributed by atoms with Crippen molar-refractivity contribution in [1.29, 1.82) is 0 Å². The van der Waals surface area contributed by atoms with Gasteiger partial charge in [0.2, 0.25) is 5.11 Å². The fourth-order valence-corrected chi connectivity index (χ4v) is 2.51. The third-order valence-corrected chi connectivity index (χ3v) is 3.37. The van der Waals surface area contributed by atoms with Gasteiger partial charge in [-0.25, -0.2) is 0 Å². The maximum atomic E-state index is 5.39. The van der Waals surface area contributed by atoms with E-state index in [-0.39, 0.29) is 10.2 Å². The molecule has 6 nitrogen and oxygen atoms in total. The Labute approximate surface area is 123 Å². The van der Waals surface area contributed by atoms with Crippen molar-refractivity contribution >= 4 is 66.8 Å². The van der Waals surface area contributed by atoms with Crippen molar-refractivity contribution in [2.45, 2.75) is 0 Å². The minimum absolute atomic E-state index is 0.0225. The van der Waals surface area contributed by atoms with Crippen molar-refractivity contribution < 1.29 is 0 Å². The zero-order valence-corrected chi connectivity index (χ0v) is 12.0. The first-order chi connectivity index (χ1) is 9.08. The summed E-state index contributed by atoms with van der Waals surface area (Å²) in [5, 5.41) is 9.43. The molecule has 0 bridgehead atoms. The van der Waals surface area contributed by atoms with Crippen molar-refractivity contribution in [3.8, 4) is 0 Å². The Morgan fingerprint density at radius 1 is 1.21 bits per heavy atom. The predicted molar refractivity (Wildman–Crippen MR) is 86.7 cm³/mol. The summed E-state index contributed by atoms with van der Waals surface area (Å²) in [6, 6.07) is 7.80. The minimum Gasteiger partial charge on any atom is -0.375 e. The van der Waals surface area contributed by atoms with Gasteiger partial charge in [0, 0.05) is 10.1 Å². The number of nitrogens with one attached hydrogen (secondary N) is 2. The number of hydrogen-bond acceptors (Lipinski definition) is 5. The first-order valence-corrected chi connectivity index (χ1v) is 6.75. The van der Waals surface area contributed by atoms with Gasteiger partial charge < -0.3 is 11.5 Å². The fraction of sp³-hybridized carbons (Fsp3) is 0. The van der Waals surface area contributed by atoms with Crippen LogP contribution in [-0.2, 0) is 0 Å². The van der Waals surface area contributed by atoms with E-state index in [9.17, 15) is 0 Å². The summed E-state index contributed by atoms with van der Waals surface area (Å²) in [5.41, 5.74) is 17.0. The normalized spacial score (nSPS) is 10.7. The minimum atomic E-state index is -0.0225. The van der Waals surface area contributed by atoms with Gasteiger partial charge in [0.25, 0.3) is 0 Å². The molecule has 2 rings (SSSR count). The van der Waals surface area contributed by atoms with Gasteiger partial charge in [-0.15, -0.1) is 21.6 Å². The Morgan fingerprint density at radius 2 is 1.95 bits per heavy atom. The number of rotatable bonds is 3. The Kier molecular flexibility index (Phi) is 4.20. The summed E-state index contributed by atoms with van der Waals surface area (Å²) in [7, 11) is 0.